The number of aliphatic carboxylic acids is 1. The number of carboxylic acid groups (broad SMARTS) is 1. The van der Waals surface area contributed by atoms with Crippen LogP contribution in [0, 0.1) is 11.8 Å². The Hall–Kier alpha value is -0.970. The van der Waals surface area contributed by atoms with Crippen LogP contribution in [0.2, 0.25) is 0 Å². The van der Waals surface area contributed by atoms with Crippen LogP contribution in [-0.4, -0.2) is 11.1 Å². The Bertz CT molecular complexity index is 273. The minimum absolute atomic E-state index is 0.309. The van der Waals surface area contributed by atoms with Crippen molar-refractivity contribution in [3.8, 4) is 11.8 Å². The van der Waals surface area contributed by atoms with Gasteiger partial charge in [0, 0.05) is 19.3 Å². The molecule has 0 aliphatic rings. The largest absolute Gasteiger partial charge is 0.481 e. The molecule has 2 nitrogen and oxygen atoms in total. The second kappa shape index (κ2) is 16.1. The van der Waals surface area contributed by atoms with Crippen molar-refractivity contribution in [2.45, 2.75) is 96.8 Å². The Morgan fingerprint density at radius 3 is 1.70 bits per heavy atom. The van der Waals surface area contributed by atoms with E-state index in [0.717, 1.165) is 38.5 Å². The molecular weight excluding hydrogens is 248 g/mol. The summed E-state index contributed by atoms with van der Waals surface area (Å²) in [6, 6.07) is 0. The maximum atomic E-state index is 10.3. The standard InChI is InChI=1S/C18H32O2/c1-2-3-4-5-6-7-8-9-10-11-12-13-14-15-16-17-18(19)20/h2-9,12-17H2,1H3,(H,19,20). The van der Waals surface area contributed by atoms with Gasteiger partial charge in [-0.15, -0.1) is 11.8 Å². The van der Waals surface area contributed by atoms with Crippen molar-refractivity contribution < 1.29 is 9.90 Å². The summed E-state index contributed by atoms with van der Waals surface area (Å²) in [5.74, 6) is 5.80. The predicted molar refractivity (Wildman–Crippen MR) is 85.7 cm³/mol. The zero-order valence-corrected chi connectivity index (χ0v) is 13.3. The van der Waals surface area contributed by atoms with Crippen molar-refractivity contribution in [1.29, 1.82) is 0 Å². The molecule has 0 saturated heterocycles. The first-order chi connectivity index (χ1) is 9.77. The van der Waals surface area contributed by atoms with E-state index in [1.807, 2.05) is 0 Å². The van der Waals surface area contributed by atoms with Crippen molar-refractivity contribution in [2.24, 2.45) is 0 Å². The second-order valence-electron chi connectivity index (χ2n) is 5.53. The summed E-state index contributed by atoms with van der Waals surface area (Å²) in [7, 11) is 0. The van der Waals surface area contributed by atoms with Gasteiger partial charge in [0.05, 0.1) is 0 Å². The van der Waals surface area contributed by atoms with Gasteiger partial charge < -0.3 is 5.11 Å². The third kappa shape index (κ3) is 17.0. The number of hydrogen-bond acceptors (Lipinski definition) is 1. The molecule has 0 heterocycles. The van der Waals surface area contributed by atoms with E-state index in [9.17, 15) is 4.79 Å². The van der Waals surface area contributed by atoms with Gasteiger partial charge in [0.15, 0.2) is 0 Å². The Morgan fingerprint density at radius 2 is 1.20 bits per heavy atom. The van der Waals surface area contributed by atoms with Crippen molar-refractivity contribution in [3.05, 3.63) is 0 Å². The molecule has 0 aromatic heterocycles. The van der Waals surface area contributed by atoms with Gasteiger partial charge in [-0.05, 0) is 19.3 Å². The number of unbranched alkanes of at least 4 members (excludes halogenated alkanes) is 11. The van der Waals surface area contributed by atoms with Gasteiger partial charge in [-0.3, -0.25) is 4.79 Å². The third-order valence-corrected chi connectivity index (χ3v) is 3.47. The van der Waals surface area contributed by atoms with Gasteiger partial charge in [0.2, 0.25) is 0 Å². The van der Waals surface area contributed by atoms with E-state index in [4.69, 9.17) is 5.11 Å². The molecule has 0 radical (unpaired) electrons. The van der Waals surface area contributed by atoms with Gasteiger partial charge in [0.1, 0.15) is 0 Å². The zero-order valence-electron chi connectivity index (χ0n) is 13.3. The molecule has 0 amide bonds. The van der Waals surface area contributed by atoms with Crippen LogP contribution in [0.5, 0.6) is 0 Å². The van der Waals surface area contributed by atoms with E-state index in [2.05, 4.69) is 18.8 Å². The average molecular weight is 280 g/mol. The first-order valence-electron chi connectivity index (χ1n) is 8.45. The molecule has 0 rings (SSSR count). The lowest BCUT2D eigenvalue weighted by Gasteiger charge is -1.98. The Balaban J connectivity index is 3.11. The van der Waals surface area contributed by atoms with Gasteiger partial charge in [0.25, 0.3) is 0 Å². The normalized spacial score (nSPS) is 10.1. The van der Waals surface area contributed by atoms with E-state index in [0.29, 0.717) is 6.42 Å². The quantitative estimate of drug-likeness (QED) is 0.354. The summed E-state index contributed by atoms with van der Waals surface area (Å²) in [5.41, 5.74) is 0. The van der Waals surface area contributed by atoms with E-state index in [1.54, 1.807) is 0 Å². The summed E-state index contributed by atoms with van der Waals surface area (Å²) in [6.45, 7) is 2.25. The average Bonchev–Trinajstić information content (AvgIpc) is 2.43. The minimum atomic E-state index is -0.681. The summed E-state index contributed by atoms with van der Waals surface area (Å²) in [6.07, 6.45) is 15.8. The van der Waals surface area contributed by atoms with E-state index < -0.39 is 5.97 Å². The van der Waals surface area contributed by atoms with Crippen LogP contribution in [0.4, 0.5) is 0 Å². The highest BCUT2D eigenvalue weighted by Crippen LogP contribution is 2.08. The Labute approximate surface area is 125 Å². The summed E-state index contributed by atoms with van der Waals surface area (Å²) in [5, 5.41) is 8.49. The van der Waals surface area contributed by atoms with Gasteiger partial charge >= 0.3 is 5.97 Å². The lowest BCUT2D eigenvalue weighted by atomic mass is 10.1. The van der Waals surface area contributed by atoms with Crippen LogP contribution in [0.3, 0.4) is 0 Å². The maximum Gasteiger partial charge on any atom is 0.303 e. The highest BCUT2D eigenvalue weighted by Gasteiger charge is 1.95. The van der Waals surface area contributed by atoms with Crippen molar-refractivity contribution in [1.82, 2.24) is 0 Å². The van der Waals surface area contributed by atoms with E-state index in [-0.39, 0.29) is 0 Å². The van der Waals surface area contributed by atoms with E-state index in [1.165, 1.54) is 44.9 Å². The number of carbonyl (C=O) groups is 1. The van der Waals surface area contributed by atoms with Crippen molar-refractivity contribution in [2.75, 3.05) is 0 Å². The molecule has 0 bridgehead atoms. The molecule has 116 valence electrons. The zero-order chi connectivity index (χ0) is 14.9. The molecule has 1 N–H and O–H groups in total. The van der Waals surface area contributed by atoms with Crippen LogP contribution >= 0.6 is 0 Å². The molecule has 0 aliphatic carbocycles. The molecule has 0 saturated carbocycles. The molecule has 0 spiro atoms. The second-order valence-corrected chi connectivity index (χ2v) is 5.53. The van der Waals surface area contributed by atoms with Gasteiger partial charge in [-0.1, -0.05) is 58.3 Å². The maximum absolute atomic E-state index is 10.3. The summed E-state index contributed by atoms with van der Waals surface area (Å²) in [4.78, 5) is 10.3. The SMILES string of the molecule is CCCCCCCCCC#CCCCCCCC(=O)O. The number of hydrogen-bond donors (Lipinski definition) is 1. The highest BCUT2D eigenvalue weighted by atomic mass is 16.4. The molecular formula is C18H32O2. The molecule has 0 aromatic rings. The van der Waals surface area contributed by atoms with Crippen LogP contribution in [0.1, 0.15) is 96.8 Å². The minimum Gasteiger partial charge on any atom is -0.481 e. The first kappa shape index (κ1) is 19.0. The molecule has 0 aliphatic heterocycles. The smallest absolute Gasteiger partial charge is 0.303 e. The van der Waals surface area contributed by atoms with Gasteiger partial charge in [-0.2, -0.15) is 0 Å². The molecule has 20 heavy (non-hydrogen) atoms. The number of rotatable bonds is 13. The van der Waals surface area contributed by atoms with Crippen LogP contribution in [0.15, 0.2) is 0 Å². The van der Waals surface area contributed by atoms with Gasteiger partial charge in [-0.25, -0.2) is 0 Å². The van der Waals surface area contributed by atoms with Crippen molar-refractivity contribution >= 4 is 5.97 Å². The molecule has 0 atom stereocenters. The van der Waals surface area contributed by atoms with Crippen molar-refractivity contribution in [3.63, 3.8) is 0 Å². The monoisotopic (exact) mass is 280 g/mol. The lowest BCUT2D eigenvalue weighted by molar-refractivity contribution is -0.137. The number of carboxylic acids is 1. The van der Waals surface area contributed by atoms with Crippen LogP contribution in [0.25, 0.3) is 0 Å². The Morgan fingerprint density at radius 1 is 0.750 bits per heavy atom. The topological polar surface area (TPSA) is 37.3 Å². The predicted octanol–water partition coefficient (Wildman–Crippen LogP) is 5.56. The highest BCUT2D eigenvalue weighted by molar-refractivity contribution is 5.66. The fourth-order valence-electron chi connectivity index (χ4n) is 2.19. The molecule has 0 fully saturated rings. The molecule has 2 heteroatoms. The molecule has 0 unspecified atom stereocenters. The van der Waals surface area contributed by atoms with E-state index >= 15 is 0 Å². The fraction of sp³-hybridized carbons (Fsp3) is 0.833. The lowest BCUT2D eigenvalue weighted by Crippen LogP contribution is -1.93. The van der Waals surface area contributed by atoms with Crippen LogP contribution < -0.4 is 0 Å². The third-order valence-electron chi connectivity index (χ3n) is 3.47. The Kier molecular flexibility index (Phi) is 15.3. The summed E-state index contributed by atoms with van der Waals surface area (Å²) >= 11 is 0. The fourth-order valence-corrected chi connectivity index (χ4v) is 2.19. The molecule has 0 aromatic carbocycles. The summed E-state index contributed by atoms with van der Waals surface area (Å²) < 4.78 is 0. The first-order valence-corrected chi connectivity index (χ1v) is 8.45. The van der Waals surface area contributed by atoms with Crippen LogP contribution in [-0.2, 0) is 4.79 Å².